The van der Waals surface area contributed by atoms with E-state index in [1.54, 1.807) is 21.9 Å². The Balaban J connectivity index is 1.56. The highest BCUT2D eigenvalue weighted by Gasteiger charge is 2.48. The van der Waals surface area contributed by atoms with Gasteiger partial charge in [0.05, 0.1) is 12.2 Å². The van der Waals surface area contributed by atoms with Gasteiger partial charge in [-0.05, 0) is 25.5 Å². The van der Waals surface area contributed by atoms with Gasteiger partial charge in [-0.1, -0.05) is 6.57 Å². The van der Waals surface area contributed by atoms with E-state index in [1.165, 1.54) is 12.4 Å². The van der Waals surface area contributed by atoms with Crippen molar-refractivity contribution in [3.8, 4) is 17.5 Å². The Hall–Kier alpha value is -3.39. The molecule has 8 nitrogen and oxygen atoms in total. The van der Waals surface area contributed by atoms with Crippen LogP contribution in [0.15, 0.2) is 28.9 Å². The third kappa shape index (κ3) is 2.47. The van der Waals surface area contributed by atoms with E-state index in [1.807, 2.05) is 6.92 Å². The van der Waals surface area contributed by atoms with Gasteiger partial charge in [-0.3, -0.25) is 4.79 Å². The highest BCUT2D eigenvalue weighted by Crippen LogP contribution is 2.36. The lowest BCUT2D eigenvalue weighted by Crippen LogP contribution is -2.39. The van der Waals surface area contributed by atoms with Crippen LogP contribution in [0, 0.1) is 23.9 Å². The molecule has 2 aliphatic heterocycles. The summed E-state index contributed by atoms with van der Waals surface area (Å²) in [6, 6.07) is 3.46. The van der Waals surface area contributed by atoms with E-state index in [2.05, 4.69) is 21.0 Å². The lowest BCUT2D eigenvalue weighted by Gasteiger charge is -2.22. The van der Waals surface area contributed by atoms with Crippen LogP contribution in [0.4, 0.5) is 5.82 Å². The Kier molecular flexibility index (Phi) is 3.81. The van der Waals surface area contributed by atoms with Crippen molar-refractivity contribution in [3.63, 3.8) is 0 Å². The minimum absolute atomic E-state index is 0.0159. The average Bonchev–Trinajstić information content (AvgIpc) is 3.38. The van der Waals surface area contributed by atoms with Crippen molar-refractivity contribution in [1.82, 2.24) is 19.8 Å². The summed E-state index contributed by atoms with van der Waals surface area (Å²) in [6.07, 6.45) is 6.09. The Bertz CT molecular complexity index is 940. The summed E-state index contributed by atoms with van der Waals surface area (Å²) < 4.78 is 5.66. The summed E-state index contributed by atoms with van der Waals surface area (Å²) in [4.78, 5) is 27.7. The number of likely N-dealkylation sites (tertiary alicyclic amines) is 2. The number of nitriles is 1. The number of aromatic nitrogens is 2. The maximum atomic E-state index is 12.9. The quantitative estimate of drug-likeness (QED) is 0.611. The third-order valence-corrected chi connectivity index (χ3v) is 5.32. The normalized spacial score (nSPS) is 24.2. The molecular formula is C18H16N6O2. The molecule has 0 N–H and O–H groups in total. The molecule has 2 aromatic heterocycles. The molecule has 2 fully saturated rings. The number of hydrogen-bond donors (Lipinski definition) is 0. The number of pyridine rings is 1. The molecule has 0 spiro atoms. The van der Waals surface area contributed by atoms with Gasteiger partial charge in [-0.25, -0.2) is 4.98 Å². The van der Waals surface area contributed by atoms with Crippen LogP contribution >= 0.6 is 0 Å². The SMILES string of the molecule is [C-]#[N+]c1cc(-c2cnc(C(=O)N3CC[C@@H]4[C@H](C)N(C#N)C[C@@H]43)o2)ccn1. The average molecular weight is 348 g/mol. The Morgan fingerprint density at radius 1 is 1.50 bits per heavy atom. The first-order valence-corrected chi connectivity index (χ1v) is 8.39. The molecular weight excluding hydrogens is 332 g/mol. The van der Waals surface area contributed by atoms with Crippen molar-refractivity contribution >= 4 is 11.7 Å². The Morgan fingerprint density at radius 2 is 2.35 bits per heavy atom. The highest BCUT2D eigenvalue weighted by molar-refractivity contribution is 5.90. The van der Waals surface area contributed by atoms with Gasteiger partial charge in [0, 0.05) is 30.6 Å². The molecule has 2 saturated heterocycles. The van der Waals surface area contributed by atoms with Crippen LogP contribution in [0.2, 0.25) is 0 Å². The fraction of sp³-hybridized carbons (Fsp3) is 0.389. The minimum atomic E-state index is -0.254. The minimum Gasteiger partial charge on any atom is -0.432 e. The number of carbonyl (C=O) groups excluding carboxylic acids is 1. The van der Waals surface area contributed by atoms with Gasteiger partial charge in [-0.2, -0.15) is 5.26 Å². The second-order valence-corrected chi connectivity index (χ2v) is 6.56. The number of rotatable bonds is 2. The van der Waals surface area contributed by atoms with E-state index in [-0.39, 0.29) is 29.7 Å². The molecule has 26 heavy (non-hydrogen) atoms. The van der Waals surface area contributed by atoms with Crippen LogP contribution in [0.1, 0.15) is 24.0 Å². The summed E-state index contributed by atoms with van der Waals surface area (Å²) >= 11 is 0. The second kappa shape index (κ2) is 6.16. The maximum absolute atomic E-state index is 12.9. The van der Waals surface area contributed by atoms with E-state index in [4.69, 9.17) is 11.0 Å². The summed E-state index contributed by atoms with van der Waals surface area (Å²) in [7, 11) is 0. The molecule has 2 aromatic rings. The summed E-state index contributed by atoms with van der Waals surface area (Å²) in [5, 5.41) is 9.22. The largest absolute Gasteiger partial charge is 0.432 e. The Labute approximate surface area is 150 Å². The summed E-state index contributed by atoms with van der Waals surface area (Å²) in [5.41, 5.74) is 0.655. The molecule has 4 heterocycles. The zero-order chi connectivity index (χ0) is 18.3. The molecule has 0 saturated carbocycles. The predicted octanol–water partition coefficient (Wildman–Crippen LogP) is 2.30. The molecule has 0 radical (unpaired) electrons. The van der Waals surface area contributed by atoms with Crippen LogP contribution in [0.5, 0.6) is 0 Å². The van der Waals surface area contributed by atoms with Crippen LogP contribution < -0.4 is 0 Å². The molecule has 0 unspecified atom stereocenters. The molecule has 8 heteroatoms. The summed E-state index contributed by atoms with van der Waals surface area (Å²) in [6.45, 7) is 10.3. The number of amides is 1. The number of fused-ring (bicyclic) bond motifs is 1. The maximum Gasteiger partial charge on any atom is 0.310 e. The van der Waals surface area contributed by atoms with Gasteiger partial charge in [0.25, 0.3) is 11.7 Å². The molecule has 130 valence electrons. The van der Waals surface area contributed by atoms with Gasteiger partial charge >= 0.3 is 5.91 Å². The lowest BCUT2D eigenvalue weighted by molar-refractivity contribution is 0.0692. The van der Waals surface area contributed by atoms with Crippen molar-refractivity contribution in [2.24, 2.45) is 5.92 Å². The van der Waals surface area contributed by atoms with Gasteiger partial charge in [-0.15, -0.1) is 4.98 Å². The fourth-order valence-electron chi connectivity index (χ4n) is 3.92. The fourth-order valence-corrected chi connectivity index (χ4v) is 3.92. The molecule has 0 aliphatic carbocycles. The van der Waals surface area contributed by atoms with Crippen LogP contribution in [-0.4, -0.2) is 50.8 Å². The van der Waals surface area contributed by atoms with E-state index in [0.29, 0.717) is 30.3 Å². The van der Waals surface area contributed by atoms with Crippen molar-refractivity contribution in [2.45, 2.75) is 25.4 Å². The Morgan fingerprint density at radius 3 is 3.12 bits per heavy atom. The second-order valence-electron chi connectivity index (χ2n) is 6.56. The van der Waals surface area contributed by atoms with Crippen LogP contribution in [0.3, 0.4) is 0 Å². The predicted molar refractivity (Wildman–Crippen MR) is 90.7 cm³/mol. The number of nitrogens with zero attached hydrogens (tertiary/aromatic N) is 6. The van der Waals surface area contributed by atoms with Gasteiger partial charge in [0.1, 0.15) is 6.20 Å². The van der Waals surface area contributed by atoms with Gasteiger partial charge in [0.15, 0.2) is 12.0 Å². The smallest absolute Gasteiger partial charge is 0.310 e. The topological polar surface area (TPSA) is 90.6 Å². The van der Waals surface area contributed by atoms with Crippen molar-refractivity contribution in [3.05, 3.63) is 41.8 Å². The van der Waals surface area contributed by atoms with E-state index >= 15 is 0 Å². The van der Waals surface area contributed by atoms with E-state index in [9.17, 15) is 10.1 Å². The van der Waals surface area contributed by atoms with Crippen molar-refractivity contribution < 1.29 is 9.21 Å². The number of carbonyl (C=O) groups is 1. The summed E-state index contributed by atoms with van der Waals surface area (Å²) in [5.74, 6) is 0.759. The first kappa shape index (κ1) is 16.1. The van der Waals surface area contributed by atoms with Crippen LogP contribution in [-0.2, 0) is 0 Å². The number of oxazole rings is 1. The first-order valence-electron chi connectivity index (χ1n) is 8.39. The monoisotopic (exact) mass is 348 g/mol. The molecule has 1 amide bonds. The number of hydrogen-bond acceptors (Lipinski definition) is 6. The van der Waals surface area contributed by atoms with E-state index in [0.717, 1.165) is 6.42 Å². The standard InChI is InChI=1S/C18H16N6O2/c1-11-13-4-6-24(14(13)9-23(11)10-19)18(25)17-22-8-15(26-17)12-3-5-21-16(7-12)20-2/h3,5,7-8,11,13-14H,4,6,9H2,1H3/t11-,13+,14-/m0/s1. The zero-order valence-corrected chi connectivity index (χ0v) is 14.2. The van der Waals surface area contributed by atoms with Crippen molar-refractivity contribution in [2.75, 3.05) is 13.1 Å². The first-order chi connectivity index (χ1) is 12.6. The zero-order valence-electron chi connectivity index (χ0n) is 14.2. The molecule has 0 bridgehead atoms. The van der Waals surface area contributed by atoms with Gasteiger partial charge < -0.3 is 19.1 Å². The van der Waals surface area contributed by atoms with Crippen molar-refractivity contribution in [1.29, 1.82) is 5.26 Å². The van der Waals surface area contributed by atoms with Crippen LogP contribution in [0.25, 0.3) is 16.2 Å². The molecule has 4 rings (SSSR count). The third-order valence-electron chi connectivity index (χ3n) is 5.32. The molecule has 0 aromatic carbocycles. The lowest BCUT2D eigenvalue weighted by atomic mass is 9.98. The molecule has 2 aliphatic rings. The molecule has 3 atom stereocenters. The highest BCUT2D eigenvalue weighted by atomic mass is 16.4. The van der Waals surface area contributed by atoms with Gasteiger partial charge in [0.2, 0.25) is 0 Å². The van der Waals surface area contributed by atoms with E-state index < -0.39 is 0 Å².